The number of pyridine rings is 1. The highest BCUT2D eigenvalue weighted by Gasteiger charge is 2.36. The van der Waals surface area contributed by atoms with Crippen molar-refractivity contribution in [2.24, 2.45) is 0 Å². The van der Waals surface area contributed by atoms with Crippen molar-refractivity contribution in [1.82, 2.24) is 30.0 Å². The largest absolute Gasteiger partial charge is 0.495 e. The van der Waals surface area contributed by atoms with Gasteiger partial charge in [-0.3, -0.25) is 14.0 Å². The van der Waals surface area contributed by atoms with Crippen LogP contribution in [0.15, 0.2) is 42.7 Å². The molecule has 0 fully saturated rings. The quantitative estimate of drug-likeness (QED) is 0.117. The Kier molecular flexibility index (Phi) is 10.3. The summed E-state index contributed by atoms with van der Waals surface area (Å²) in [6.45, 7) is 0.303. The summed E-state index contributed by atoms with van der Waals surface area (Å²) in [5.74, 6) is -1.59. The lowest BCUT2D eigenvalue weighted by Crippen LogP contribution is -2.21. The van der Waals surface area contributed by atoms with Crippen LogP contribution >= 0.6 is 19.2 Å². The molecule has 3 aromatic heterocycles. The van der Waals surface area contributed by atoms with E-state index in [1.807, 2.05) is 0 Å². The molecule has 240 valence electrons. The van der Waals surface area contributed by atoms with E-state index in [0.717, 1.165) is 0 Å². The van der Waals surface area contributed by atoms with Gasteiger partial charge in [-0.2, -0.15) is 23.3 Å². The Morgan fingerprint density at radius 1 is 1.13 bits per heavy atom. The summed E-state index contributed by atoms with van der Waals surface area (Å²) >= 11 is 6.26. The number of rotatable bonds is 12. The van der Waals surface area contributed by atoms with E-state index in [1.165, 1.54) is 49.2 Å². The number of hydrogen-bond acceptors (Lipinski definition) is 10. The van der Waals surface area contributed by atoms with E-state index in [4.69, 9.17) is 21.4 Å². The molecule has 0 saturated heterocycles. The van der Waals surface area contributed by atoms with Crippen molar-refractivity contribution in [2.75, 3.05) is 31.4 Å². The Balaban J connectivity index is 1.71. The molecule has 19 heteroatoms. The van der Waals surface area contributed by atoms with Crippen molar-refractivity contribution in [2.45, 2.75) is 25.3 Å². The highest BCUT2D eigenvalue weighted by atomic mass is 35.5. The van der Waals surface area contributed by atoms with E-state index in [9.17, 15) is 32.3 Å². The van der Waals surface area contributed by atoms with Gasteiger partial charge in [0.2, 0.25) is 5.95 Å². The van der Waals surface area contributed by atoms with Gasteiger partial charge in [0.25, 0.3) is 5.91 Å². The minimum atomic E-state index is -4.89. The van der Waals surface area contributed by atoms with Gasteiger partial charge >= 0.3 is 13.8 Å². The second-order valence-corrected chi connectivity index (χ2v) is 11.4. The van der Waals surface area contributed by atoms with Crippen molar-refractivity contribution in [3.63, 3.8) is 0 Å². The number of nitrogens with zero attached hydrogens (tertiary/aromatic N) is 5. The fourth-order valence-electron chi connectivity index (χ4n) is 4.09. The van der Waals surface area contributed by atoms with E-state index in [2.05, 4.69) is 36.0 Å². The summed E-state index contributed by atoms with van der Waals surface area (Å²) in [6, 6.07) is 6.94. The molecule has 0 unspecified atom stereocenters. The molecule has 1 amide bonds. The fourth-order valence-corrected chi connectivity index (χ4v) is 5.00. The Bertz CT molecular complexity index is 1750. The molecule has 6 N–H and O–H groups in total. The smallest absolute Gasteiger partial charge is 0.421 e. The predicted octanol–water partition coefficient (Wildman–Crippen LogP) is 4.32. The lowest BCUT2D eigenvalue weighted by atomic mass is 10.1. The number of aromatic nitrogens is 5. The van der Waals surface area contributed by atoms with Gasteiger partial charge < -0.3 is 35.6 Å². The number of carbonyl (C=O) groups excluding carboxylic acids is 1. The molecule has 0 aliphatic rings. The van der Waals surface area contributed by atoms with Crippen LogP contribution < -0.4 is 20.7 Å². The number of hydrogen-bond donors (Lipinski definition) is 6. The number of aliphatic hydroxyl groups excluding tert-OH is 1. The second-order valence-electron chi connectivity index (χ2n) is 9.41. The number of amides is 1. The number of nitrogens with one attached hydrogen (secondary N) is 3. The Labute approximate surface area is 258 Å². The average molecular weight is 671 g/mol. The number of anilines is 4. The van der Waals surface area contributed by atoms with Crippen LogP contribution in [0.2, 0.25) is 5.15 Å². The van der Waals surface area contributed by atoms with Crippen LogP contribution in [0.25, 0.3) is 11.3 Å². The number of carbonyl (C=O) groups is 1. The molecule has 0 spiro atoms. The molecule has 3 heterocycles. The highest BCUT2D eigenvalue weighted by molar-refractivity contribution is 7.50. The van der Waals surface area contributed by atoms with Crippen LogP contribution in [0.3, 0.4) is 0 Å². The van der Waals surface area contributed by atoms with E-state index in [1.54, 1.807) is 6.20 Å². The van der Waals surface area contributed by atoms with Gasteiger partial charge in [0, 0.05) is 32.6 Å². The Hall–Kier alpha value is -4.28. The molecule has 0 aliphatic heterocycles. The first-order valence-electron chi connectivity index (χ1n) is 13.0. The summed E-state index contributed by atoms with van der Waals surface area (Å²) in [5.41, 5.74) is -0.582. The predicted molar refractivity (Wildman–Crippen MR) is 158 cm³/mol. The molecule has 4 rings (SSSR count). The molecule has 0 radical (unpaired) electrons. The topological polar surface area (TPSA) is 197 Å². The zero-order valence-corrected chi connectivity index (χ0v) is 25.3. The van der Waals surface area contributed by atoms with Gasteiger partial charge in [0.15, 0.2) is 10.8 Å². The summed E-state index contributed by atoms with van der Waals surface area (Å²) in [7, 11) is -1.74. The third-order valence-electron chi connectivity index (χ3n) is 6.12. The van der Waals surface area contributed by atoms with Crippen LogP contribution in [0.4, 0.5) is 36.3 Å². The molecule has 4 aromatic rings. The van der Waals surface area contributed by atoms with Gasteiger partial charge in [-0.05, 0) is 36.2 Å². The van der Waals surface area contributed by atoms with Crippen molar-refractivity contribution >= 4 is 48.2 Å². The summed E-state index contributed by atoms with van der Waals surface area (Å²) in [4.78, 5) is 43.4. The van der Waals surface area contributed by atoms with E-state index in [0.29, 0.717) is 24.7 Å². The monoisotopic (exact) mass is 670 g/mol. The lowest BCUT2D eigenvalue weighted by Gasteiger charge is -2.17. The maximum atomic E-state index is 14.0. The van der Waals surface area contributed by atoms with Gasteiger partial charge in [-0.1, -0.05) is 17.7 Å². The SMILES string of the molecule is CNC(=O)c1nc(-c2cn(CCCO)nc2Cl)ccc1Nc1nc(Nc2ccc(CP(=O)(O)O)cc2OC)ncc1C(F)(F)F. The van der Waals surface area contributed by atoms with E-state index >= 15 is 0 Å². The standard InChI is InChI=1S/C26H27ClF3N8O6P/c1-31-24(40)21-19(7-6-17(33-21)15-12-38(8-3-9-39)37-22(15)27)34-23-16(26(28,29)30)11-32-25(36-23)35-18-5-4-14(10-20(18)44-2)13-45(41,42)43/h4-7,10-12,39H,3,8-9,13H2,1-2H3,(H,31,40)(H2,41,42,43)(H2,32,34,35,36). The molecular formula is C26H27ClF3N8O6P. The molecule has 14 nitrogen and oxygen atoms in total. The first kappa shape index (κ1) is 33.6. The van der Waals surface area contributed by atoms with Crippen LogP contribution in [0.1, 0.15) is 28.0 Å². The van der Waals surface area contributed by atoms with Crippen LogP contribution in [0, 0.1) is 0 Å². The minimum absolute atomic E-state index is 0.0638. The summed E-state index contributed by atoms with van der Waals surface area (Å²) in [5, 5.41) is 21.0. The second kappa shape index (κ2) is 13.8. The number of methoxy groups -OCH3 is 1. The average Bonchev–Trinajstić information content (AvgIpc) is 3.35. The first-order valence-corrected chi connectivity index (χ1v) is 15.2. The highest BCUT2D eigenvalue weighted by Crippen LogP contribution is 2.41. The minimum Gasteiger partial charge on any atom is -0.495 e. The fraction of sp³-hybridized carbons (Fsp3) is 0.269. The molecule has 0 bridgehead atoms. The van der Waals surface area contributed by atoms with Crippen LogP contribution in [-0.2, 0) is 23.4 Å². The van der Waals surface area contributed by atoms with Crippen molar-refractivity contribution in [3.8, 4) is 17.0 Å². The number of aliphatic hydroxyl groups is 1. The zero-order valence-electron chi connectivity index (χ0n) is 23.6. The Morgan fingerprint density at radius 3 is 2.51 bits per heavy atom. The molecular weight excluding hydrogens is 644 g/mol. The third kappa shape index (κ3) is 8.46. The van der Waals surface area contributed by atoms with E-state index < -0.39 is 37.2 Å². The third-order valence-corrected chi connectivity index (χ3v) is 7.18. The number of ether oxygens (including phenoxy) is 1. The molecule has 45 heavy (non-hydrogen) atoms. The Morgan fingerprint density at radius 2 is 1.87 bits per heavy atom. The lowest BCUT2D eigenvalue weighted by molar-refractivity contribution is -0.137. The van der Waals surface area contributed by atoms with Crippen molar-refractivity contribution < 1.29 is 42.2 Å². The molecule has 0 saturated carbocycles. The normalized spacial score (nSPS) is 11.8. The number of benzene rings is 1. The molecule has 0 atom stereocenters. The first-order chi connectivity index (χ1) is 21.2. The van der Waals surface area contributed by atoms with Gasteiger partial charge in [-0.25, -0.2) is 9.97 Å². The zero-order chi connectivity index (χ0) is 32.9. The maximum Gasteiger partial charge on any atom is 0.421 e. The maximum absolute atomic E-state index is 14.0. The van der Waals surface area contributed by atoms with Gasteiger partial charge in [0.1, 0.15) is 17.1 Å². The molecule has 1 aromatic carbocycles. The van der Waals surface area contributed by atoms with Gasteiger partial charge in [0.05, 0.1) is 35.9 Å². The number of alkyl halides is 3. The summed E-state index contributed by atoms with van der Waals surface area (Å²) < 4.78 is 60.1. The van der Waals surface area contributed by atoms with Crippen molar-refractivity contribution in [3.05, 3.63) is 64.7 Å². The summed E-state index contributed by atoms with van der Waals surface area (Å²) in [6.07, 6.45) is -2.90. The van der Waals surface area contributed by atoms with Gasteiger partial charge in [-0.15, -0.1) is 0 Å². The van der Waals surface area contributed by atoms with Crippen molar-refractivity contribution in [1.29, 1.82) is 0 Å². The number of halogens is 4. The number of aryl methyl sites for hydroxylation is 1. The van der Waals surface area contributed by atoms with Crippen LogP contribution in [0.5, 0.6) is 5.75 Å². The van der Waals surface area contributed by atoms with Crippen LogP contribution in [-0.4, -0.2) is 66.3 Å². The molecule has 0 aliphatic carbocycles. The van der Waals surface area contributed by atoms with E-state index in [-0.39, 0.29) is 51.8 Å².